The molecule has 0 radical (unpaired) electrons. The number of carbonyl (C=O) groups is 2. The summed E-state index contributed by atoms with van der Waals surface area (Å²) in [5.41, 5.74) is 1.61. The molecule has 0 saturated carbocycles. The molecule has 0 fully saturated rings. The number of alkyl halides is 2. The van der Waals surface area contributed by atoms with E-state index in [-0.39, 0.29) is 11.8 Å². The van der Waals surface area contributed by atoms with Gasteiger partial charge in [0.15, 0.2) is 3.36 Å². The second kappa shape index (κ2) is 4.38. The Kier molecular flexibility index (Phi) is 3.23. The van der Waals surface area contributed by atoms with Gasteiger partial charge in [-0.25, -0.2) is 4.90 Å². The Morgan fingerprint density at radius 3 is 2.29 bits per heavy atom. The first-order chi connectivity index (χ1) is 7.94. The Morgan fingerprint density at radius 1 is 1.24 bits per heavy atom. The standard InChI is InChI=1S/C12H9Br2NO2/c1-8(16)15-11(17)7-10(12(15,13)14)9-5-3-2-4-6-9/h2-7H,1H3. The molecule has 0 saturated heterocycles. The van der Waals surface area contributed by atoms with E-state index in [9.17, 15) is 9.59 Å². The van der Waals surface area contributed by atoms with Gasteiger partial charge in [-0.2, -0.15) is 0 Å². The monoisotopic (exact) mass is 357 g/mol. The van der Waals surface area contributed by atoms with Crippen molar-refractivity contribution in [3.05, 3.63) is 42.0 Å². The third kappa shape index (κ3) is 2.09. The molecule has 1 aromatic rings. The van der Waals surface area contributed by atoms with Crippen LogP contribution >= 0.6 is 31.9 Å². The summed E-state index contributed by atoms with van der Waals surface area (Å²) in [6, 6.07) is 9.44. The average Bonchev–Trinajstić information content (AvgIpc) is 2.49. The largest absolute Gasteiger partial charge is 0.275 e. The lowest BCUT2D eigenvalue weighted by atomic mass is 10.1. The van der Waals surface area contributed by atoms with Crippen LogP contribution in [0.4, 0.5) is 0 Å². The third-order valence-electron chi connectivity index (χ3n) is 2.49. The lowest BCUT2D eigenvalue weighted by Crippen LogP contribution is -2.41. The quantitative estimate of drug-likeness (QED) is 0.571. The first kappa shape index (κ1) is 12.5. The Bertz CT molecular complexity index is 508. The molecule has 0 aliphatic carbocycles. The SMILES string of the molecule is CC(=O)N1C(=O)C=C(c2ccccc2)C1(Br)Br. The van der Waals surface area contributed by atoms with Crippen LogP contribution in [0.25, 0.3) is 5.57 Å². The van der Waals surface area contributed by atoms with Crippen LogP contribution in [0.15, 0.2) is 36.4 Å². The number of amides is 2. The van der Waals surface area contributed by atoms with Gasteiger partial charge in [0, 0.05) is 18.6 Å². The smallest absolute Gasteiger partial charge is 0.255 e. The minimum absolute atomic E-state index is 0.314. The highest BCUT2D eigenvalue weighted by Crippen LogP contribution is 2.47. The van der Waals surface area contributed by atoms with Crippen molar-refractivity contribution in [1.29, 1.82) is 0 Å². The van der Waals surface area contributed by atoms with Crippen LogP contribution in [-0.4, -0.2) is 20.1 Å². The molecule has 5 heteroatoms. The predicted molar refractivity (Wildman–Crippen MR) is 72.5 cm³/mol. The van der Waals surface area contributed by atoms with Gasteiger partial charge in [-0.1, -0.05) is 30.3 Å². The molecule has 0 bridgehead atoms. The number of halogens is 2. The van der Waals surface area contributed by atoms with Crippen molar-refractivity contribution in [1.82, 2.24) is 4.90 Å². The summed E-state index contributed by atoms with van der Waals surface area (Å²) >= 11 is 6.77. The van der Waals surface area contributed by atoms with Crippen LogP contribution in [0.3, 0.4) is 0 Å². The number of imide groups is 1. The molecule has 2 rings (SSSR count). The fourth-order valence-electron chi connectivity index (χ4n) is 1.76. The number of carbonyl (C=O) groups excluding carboxylic acids is 2. The van der Waals surface area contributed by atoms with Crippen molar-refractivity contribution in [3.63, 3.8) is 0 Å². The van der Waals surface area contributed by atoms with Gasteiger partial charge in [0.2, 0.25) is 5.91 Å². The van der Waals surface area contributed by atoms with Crippen LogP contribution in [0.1, 0.15) is 12.5 Å². The fourth-order valence-corrected chi connectivity index (χ4v) is 3.30. The summed E-state index contributed by atoms with van der Waals surface area (Å²) in [4.78, 5) is 24.4. The maximum absolute atomic E-state index is 11.8. The zero-order valence-corrected chi connectivity index (χ0v) is 12.2. The molecule has 1 heterocycles. The van der Waals surface area contributed by atoms with Crippen molar-refractivity contribution in [2.75, 3.05) is 0 Å². The van der Waals surface area contributed by atoms with Crippen LogP contribution < -0.4 is 0 Å². The molecule has 2 amide bonds. The summed E-state index contributed by atoms with van der Waals surface area (Å²) in [6.45, 7) is 1.36. The van der Waals surface area contributed by atoms with E-state index in [1.54, 1.807) is 0 Å². The second-order valence-electron chi connectivity index (χ2n) is 3.66. The van der Waals surface area contributed by atoms with Gasteiger partial charge in [0.25, 0.3) is 5.91 Å². The van der Waals surface area contributed by atoms with E-state index in [1.807, 2.05) is 30.3 Å². The molecule has 0 spiro atoms. The molecule has 17 heavy (non-hydrogen) atoms. The zero-order chi connectivity index (χ0) is 12.6. The topological polar surface area (TPSA) is 37.4 Å². The van der Waals surface area contributed by atoms with E-state index >= 15 is 0 Å². The van der Waals surface area contributed by atoms with Crippen molar-refractivity contribution in [2.24, 2.45) is 0 Å². The summed E-state index contributed by atoms with van der Waals surface area (Å²) in [7, 11) is 0. The van der Waals surface area contributed by atoms with Gasteiger partial charge >= 0.3 is 0 Å². The first-order valence-electron chi connectivity index (χ1n) is 4.95. The number of nitrogens with zero attached hydrogens (tertiary/aromatic N) is 1. The second-order valence-corrected chi connectivity index (χ2v) is 7.02. The number of rotatable bonds is 1. The minimum atomic E-state index is -0.954. The molecule has 0 aromatic heterocycles. The first-order valence-corrected chi connectivity index (χ1v) is 6.53. The highest BCUT2D eigenvalue weighted by atomic mass is 79.9. The Morgan fingerprint density at radius 2 is 1.82 bits per heavy atom. The zero-order valence-electron chi connectivity index (χ0n) is 8.98. The molecule has 3 nitrogen and oxygen atoms in total. The van der Waals surface area contributed by atoms with Crippen molar-refractivity contribution in [3.8, 4) is 0 Å². The van der Waals surface area contributed by atoms with Gasteiger partial charge in [0.05, 0.1) is 0 Å². The Labute approximate surface area is 116 Å². The van der Waals surface area contributed by atoms with E-state index in [2.05, 4.69) is 31.9 Å². The van der Waals surface area contributed by atoms with E-state index < -0.39 is 3.36 Å². The molecule has 0 N–H and O–H groups in total. The molecule has 1 aliphatic heterocycles. The maximum Gasteiger partial charge on any atom is 0.255 e. The summed E-state index contributed by atoms with van der Waals surface area (Å²) in [5.74, 6) is -0.643. The number of hydrogen-bond donors (Lipinski definition) is 0. The van der Waals surface area contributed by atoms with Crippen molar-refractivity contribution >= 4 is 49.2 Å². The average molecular weight is 359 g/mol. The van der Waals surface area contributed by atoms with Gasteiger partial charge < -0.3 is 0 Å². The van der Waals surface area contributed by atoms with E-state index in [1.165, 1.54) is 13.0 Å². The van der Waals surface area contributed by atoms with Crippen LogP contribution in [0.2, 0.25) is 0 Å². The molecule has 1 aliphatic rings. The highest BCUT2D eigenvalue weighted by molar-refractivity contribution is 9.25. The van der Waals surface area contributed by atoms with Gasteiger partial charge in [-0.3, -0.25) is 9.59 Å². The minimum Gasteiger partial charge on any atom is -0.275 e. The molecule has 88 valence electrons. The summed E-state index contributed by atoms with van der Waals surface area (Å²) in [5, 5.41) is 0. The van der Waals surface area contributed by atoms with E-state index in [0.29, 0.717) is 0 Å². The van der Waals surface area contributed by atoms with Gasteiger partial charge in [0.1, 0.15) is 0 Å². The van der Waals surface area contributed by atoms with Crippen molar-refractivity contribution < 1.29 is 9.59 Å². The predicted octanol–water partition coefficient (Wildman–Crippen LogP) is 2.90. The molecule has 0 unspecified atom stereocenters. The van der Waals surface area contributed by atoms with Crippen LogP contribution in [0, 0.1) is 0 Å². The van der Waals surface area contributed by atoms with Gasteiger partial charge in [-0.05, 0) is 37.4 Å². The molecule has 0 atom stereocenters. The lowest BCUT2D eigenvalue weighted by Gasteiger charge is -2.28. The van der Waals surface area contributed by atoms with Crippen LogP contribution in [0.5, 0.6) is 0 Å². The number of hydrogen-bond acceptors (Lipinski definition) is 2. The summed E-state index contributed by atoms with van der Waals surface area (Å²) in [6.07, 6.45) is 1.46. The molecular formula is C12H9Br2NO2. The third-order valence-corrected chi connectivity index (χ3v) is 4.06. The normalized spacial score (nSPS) is 18.2. The Hall–Kier alpha value is -0.940. The molecule has 1 aromatic carbocycles. The highest BCUT2D eigenvalue weighted by Gasteiger charge is 2.46. The van der Waals surface area contributed by atoms with Crippen molar-refractivity contribution in [2.45, 2.75) is 10.3 Å². The number of benzene rings is 1. The molecular weight excluding hydrogens is 350 g/mol. The summed E-state index contributed by atoms with van der Waals surface area (Å²) < 4.78 is -0.954. The van der Waals surface area contributed by atoms with Gasteiger partial charge in [-0.15, -0.1) is 0 Å². The lowest BCUT2D eigenvalue weighted by molar-refractivity contribution is -0.139. The Balaban J connectivity index is 2.48. The van der Waals surface area contributed by atoms with E-state index in [0.717, 1.165) is 16.0 Å². The van der Waals surface area contributed by atoms with E-state index in [4.69, 9.17) is 0 Å². The fraction of sp³-hybridized carbons (Fsp3) is 0.167. The maximum atomic E-state index is 11.8. The van der Waals surface area contributed by atoms with Crippen LogP contribution in [-0.2, 0) is 9.59 Å².